The SMILES string of the molecule is CC(=O)Nc1c(C)nc(C)nc1Cl. The molecule has 1 aromatic heterocycles. The number of aromatic nitrogens is 2. The van der Waals surface area contributed by atoms with Crippen LogP contribution in [0.4, 0.5) is 5.69 Å². The van der Waals surface area contributed by atoms with Gasteiger partial charge in [0.05, 0.1) is 5.69 Å². The van der Waals surface area contributed by atoms with E-state index in [0.717, 1.165) is 0 Å². The molecule has 5 heteroatoms. The summed E-state index contributed by atoms with van der Waals surface area (Å²) < 4.78 is 0. The van der Waals surface area contributed by atoms with Crippen molar-refractivity contribution in [1.29, 1.82) is 0 Å². The topological polar surface area (TPSA) is 54.9 Å². The average Bonchev–Trinajstić information content (AvgIpc) is 1.96. The van der Waals surface area contributed by atoms with E-state index in [4.69, 9.17) is 11.6 Å². The zero-order chi connectivity index (χ0) is 10.0. The van der Waals surface area contributed by atoms with E-state index in [1.807, 2.05) is 0 Å². The molecule has 1 N–H and O–H groups in total. The number of carbonyl (C=O) groups is 1. The van der Waals surface area contributed by atoms with Gasteiger partial charge in [-0.2, -0.15) is 0 Å². The summed E-state index contributed by atoms with van der Waals surface area (Å²) in [5.74, 6) is 0.411. The lowest BCUT2D eigenvalue weighted by Crippen LogP contribution is -2.10. The van der Waals surface area contributed by atoms with E-state index < -0.39 is 0 Å². The number of hydrogen-bond acceptors (Lipinski definition) is 3. The minimum Gasteiger partial charge on any atom is -0.322 e. The molecule has 1 rings (SSSR count). The Morgan fingerprint density at radius 3 is 2.46 bits per heavy atom. The highest BCUT2D eigenvalue weighted by molar-refractivity contribution is 6.32. The molecule has 13 heavy (non-hydrogen) atoms. The molecule has 1 heterocycles. The molecule has 0 radical (unpaired) electrons. The molecular formula is C8H10ClN3O. The van der Waals surface area contributed by atoms with Gasteiger partial charge in [-0.15, -0.1) is 0 Å². The van der Waals surface area contributed by atoms with Crippen LogP contribution < -0.4 is 5.32 Å². The summed E-state index contributed by atoms with van der Waals surface area (Å²) in [6.45, 7) is 4.93. The van der Waals surface area contributed by atoms with Gasteiger partial charge in [-0.05, 0) is 13.8 Å². The second-order valence-corrected chi connectivity index (χ2v) is 3.06. The number of hydrogen-bond donors (Lipinski definition) is 1. The van der Waals surface area contributed by atoms with Gasteiger partial charge in [0, 0.05) is 6.92 Å². The molecule has 0 aromatic carbocycles. The fraction of sp³-hybridized carbons (Fsp3) is 0.375. The van der Waals surface area contributed by atoms with Gasteiger partial charge in [0.1, 0.15) is 11.5 Å². The molecular weight excluding hydrogens is 190 g/mol. The van der Waals surface area contributed by atoms with Gasteiger partial charge in [0.25, 0.3) is 0 Å². The minimum atomic E-state index is -0.183. The van der Waals surface area contributed by atoms with Crippen LogP contribution in [0, 0.1) is 13.8 Å². The Labute approximate surface area is 81.3 Å². The minimum absolute atomic E-state index is 0.183. The zero-order valence-electron chi connectivity index (χ0n) is 7.68. The highest BCUT2D eigenvalue weighted by Gasteiger charge is 2.08. The summed E-state index contributed by atoms with van der Waals surface area (Å²) in [4.78, 5) is 18.8. The quantitative estimate of drug-likeness (QED) is 0.701. The number of anilines is 1. The Kier molecular flexibility index (Phi) is 2.83. The maximum absolute atomic E-state index is 10.8. The molecule has 70 valence electrons. The second kappa shape index (κ2) is 3.70. The van der Waals surface area contributed by atoms with E-state index >= 15 is 0 Å². The maximum Gasteiger partial charge on any atom is 0.221 e. The predicted octanol–water partition coefficient (Wildman–Crippen LogP) is 1.71. The van der Waals surface area contributed by atoms with Crippen LogP contribution in [0.3, 0.4) is 0 Å². The molecule has 4 nitrogen and oxygen atoms in total. The van der Waals surface area contributed by atoms with Crippen LogP contribution in [0.1, 0.15) is 18.4 Å². The van der Waals surface area contributed by atoms with Gasteiger partial charge in [0.15, 0.2) is 5.15 Å². The molecule has 0 aliphatic rings. The fourth-order valence-corrected chi connectivity index (χ4v) is 1.30. The lowest BCUT2D eigenvalue weighted by molar-refractivity contribution is -0.114. The smallest absolute Gasteiger partial charge is 0.221 e. The number of halogens is 1. The van der Waals surface area contributed by atoms with Crippen molar-refractivity contribution in [2.24, 2.45) is 0 Å². The molecule has 0 spiro atoms. The van der Waals surface area contributed by atoms with Crippen molar-refractivity contribution in [3.8, 4) is 0 Å². The van der Waals surface area contributed by atoms with Gasteiger partial charge >= 0.3 is 0 Å². The Morgan fingerprint density at radius 2 is 2.00 bits per heavy atom. The lowest BCUT2D eigenvalue weighted by Gasteiger charge is -2.07. The Hall–Kier alpha value is -1.16. The van der Waals surface area contributed by atoms with Crippen LogP contribution >= 0.6 is 11.6 Å². The van der Waals surface area contributed by atoms with E-state index in [1.54, 1.807) is 13.8 Å². The normalized spacial score (nSPS) is 9.85. The highest BCUT2D eigenvalue weighted by atomic mass is 35.5. The molecule has 0 aliphatic heterocycles. The van der Waals surface area contributed by atoms with Crippen LogP contribution in [-0.4, -0.2) is 15.9 Å². The Bertz CT molecular complexity index is 328. The summed E-state index contributed by atoms with van der Waals surface area (Å²) in [5, 5.41) is 2.85. The van der Waals surface area contributed by atoms with Crippen molar-refractivity contribution in [2.75, 3.05) is 5.32 Å². The molecule has 0 aliphatic carbocycles. The fourth-order valence-electron chi connectivity index (χ4n) is 0.989. The number of amides is 1. The van der Waals surface area contributed by atoms with Crippen LogP contribution in [0.15, 0.2) is 0 Å². The molecule has 1 aromatic rings. The number of nitrogens with one attached hydrogen (secondary N) is 1. The van der Waals surface area contributed by atoms with Crippen LogP contribution in [0.25, 0.3) is 0 Å². The van der Waals surface area contributed by atoms with Crippen LogP contribution in [0.5, 0.6) is 0 Å². The predicted molar refractivity (Wildman–Crippen MR) is 50.8 cm³/mol. The van der Waals surface area contributed by atoms with Gasteiger partial charge in [0.2, 0.25) is 5.91 Å². The number of carbonyl (C=O) groups excluding carboxylic acids is 1. The largest absolute Gasteiger partial charge is 0.322 e. The van der Waals surface area contributed by atoms with Gasteiger partial charge in [-0.1, -0.05) is 11.6 Å². The highest BCUT2D eigenvalue weighted by Crippen LogP contribution is 2.21. The Balaban J connectivity index is 3.13. The van der Waals surface area contributed by atoms with Crippen molar-refractivity contribution in [1.82, 2.24) is 9.97 Å². The van der Waals surface area contributed by atoms with Crippen molar-refractivity contribution in [2.45, 2.75) is 20.8 Å². The third-order valence-corrected chi connectivity index (χ3v) is 1.73. The number of aryl methyl sites for hydroxylation is 2. The van der Waals surface area contributed by atoms with Gasteiger partial charge in [-0.25, -0.2) is 9.97 Å². The molecule has 0 unspecified atom stereocenters. The summed E-state index contributed by atoms with van der Waals surface area (Å²) in [7, 11) is 0. The zero-order valence-corrected chi connectivity index (χ0v) is 8.44. The molecule has 1 amide bonds. The van der Waals surface area contributed by atoms with Crippen molar-refractivity contribution in [3.05, 3.63) is 16.7 Å². The maximum atomic E-state index is 10.8. The first-order valence-corrected chi connectivity index (χ1v) is 4.17. The molecule has 0 bridgehead atoms. The molecule has 0 saturated carbocycles. The van der Waals surface area contributed by atoms with Gasteiger partial charge in [-0.3, -0.25) is 4.79 Å². The standard InChI is InChI=1S/C8H10ClN3O/c1-4-7(12-6(3)13)8(9)11-5(2)10-4/h1-3H3,(H,12,13). The molecule has 0 fully saturated rings. The van der Waals surface area contributed by atoms with Crippen molar-refractivity contribution in [3.63, 3.8) is 0 Å². The van der Waals surface area contributed by atoms with E-state index in [2.05, 4.69) is 15.3 Å². The first-order valence-electron chi connectivity index (χ1n) is 3.79. The summed E-state index contributed by atoms with van der Waals surface area (Å²) in [6.07, 6.45) is 0. The summed E-state index contributed by atoms with van der Waals surface area (Å²) in [5.41, 5.74) is 1.16. The van der Waals surface area contributed by atoms with Crippen LogP contribution in [-0.2, 0) is 4.79 Å². The summed E-state index contributed by atoms with van der Waals surface area (Å²) >= 11 is 5.81. The van der Waals surface area contributed by atoms with E-state index in [9.17, 15) is 4.79 Å². The summed E-state index contributed by atoms with van der Waals surface area (Å²) in [6, 6.07) is 0. The lowest BCUT2D eigenvalue weighted by atomic mass is 10.3. The van der Waals surface area contributed by atoms with Crippen molar-refractivity contribution >= 4 is 23.2 Å². The van der Waals surface area contributed by atoms with Crippen LogP contribution in [0.2, 0.25) is 5.15 Å². The first-order chi connectivity index (χ1) is 6.00. The molecule has 0 atom stereocenters. The van der Waals surface area contributed by atoms with Gasteiger partial charge < -0.3 is 5.32 Å². The number of rotatable bonds is 1. The van der Waals surface area contributed by atoms with E-state index in [-0.39, 0.29) is 11.1 Å². The van der Waals surface area contributed by atoms with Crippen molar-refractivity contribution < 1.29 is 4.79 Å². The number of nitrogens with zero attached hydrogens (tertiary/aromatic N) is 2. The third kappa shape index (κ3) is 2.39. The molecule has 0 saturated heterocycles. The Morgan fingerprint density at radius 1 is 1.38 bits per heavy atom. The second-order valence-electron chi connectivity index (χ2n) is 2.70. The van der Waals surface area contributed by atoms with E-state index in [0.29, 0.717) is 17.2 Å². The average molecular weight is 200 g/mol. The van der Waals surface area contributed by atoms with E-state index in [1.165, 1.54) is 6.92 Å². The third-order valence-electron chi connectivity index (χ3n) is 1.46. The first kappa shape index (κ1) is 9.92. The monoisotopic (exact) mass is 199 g/mol.